The van der Waals surface area contributed by atoms with Crippen LogP contribution in [0.1, 0.15) is 11.6 Å². The fourth-order valence-electron chi connectivity index (χ4n) is 3.63. The van der Waals surface area contributed by atoms with Crippen LogP contribution >= 0.6 is 0 Å². The lowest BCUT2D eigenvalue weighted by Gasteiger charge is -2.27. The fraction of sp³-hybridized carbons (Fsp3) is 0.182. The van der Waals surface area contributed by atoms with E-state index in [0.29, 0.717) is 41.4 Å². The third-order valence-corrected chi connectivity index (χ3v) is 6.98. The Morgan fingerprint density at radius 2 is 1.87 bits per heavy atom. The predicted molar refractivity (Wildman–Crippen MR) is 112 cm³/mol. The van der Waals surface area contributed by atoms with Crippen LogP contribution in [0.25, 0.3) is 22.5 Å². The number of aromatic nitrogens is 4. The molecule has 0 bridgehead atoms. The highest BCUT2D eigenvalue weighted by atomic mass is 32.2. The van der Waals surface area contributed by atoms with Crippen molar-refractivity contribution in [3.05, 3.63) is 78.6 Å². The summed E-state index contributed by atoms with van der Waals surface area (Å²) in [7, 11) is -2.01. The van der Waals surface area contributed by atoms with Crippen molar-refractivity contribution in [2.45, 2.75) is 10.8 Å². The number of nitrogens with zero attached hydrogens (tertiary/aromatic N) is 4. The van der Waals surface area contributed by atoms with Crippen LogP contribution in [0.4, 0.5) is 4.39 Å². The second-order valence-electron chi connectivity index (χ2n) is 7.43. The molecule has 9 heteroatoms. The minimum Gasteiger partial charge on any atom is -0.380 e. The molecule has 0 saturated carbocycles. The standard InChI is InChI=1S/C22H19FN4O3S/c1-26-12-19(22(25-26)20-8-7-17(23)10-24-20)15-9-21(16-13-30-14-16)27(11-15)31(28,29)18-5-3-2-4-6-18/h2-12,16H,13-14H2,1H3. The highest BCUT2D eigenvalue weighted by molar-refractivity contribution is 7.90. The molecular weight excluding hydrogens is 419 g/mol. The summed E-state index contributed by atoms with van der Waals surface area (Å²) in [6.07, 6.45) is 4.55. The summed E-state index contributed by atoms with van der Waals surface area (Å²) in [5.41, 5.74) is 3.12. The van der Waals surface area contributed by atoms with Gasteiger partial charge in [-0.15, -0.1) is 0 Å². The lowest BCUT2D eigenvalue weighted by molar-refractivity contribution is 0.00647. The summed E-state index contributed by atoms with van der Waals surface area (Å²) in [4.78, 5) is 4.35. The average Bonchev–Trinajstić information content (AvgIpc) is 3.32. The van der Waals surface area contributed by atoms with E-state index in [4.69, 9.17) is 4.74 Å². The van der Waals surface area contributed by atoms with Crippen molar-refractivity contribution < 1.29 is 17.5 Å². The molecule has 0 N–H and O–H groups in total. The number of halogens is 1. The molecule has 0 spiro atoms. The first-order chi connectivity index (χ1) is 14.9. The second-order valence-corrected chi connectivity index (χ2v) is 9.24. The molecule has 4 aromatic rings. The normalized spacial score (nSPS) is 14.5. The molecule has 7 nitrogen and oxygen atoms in total. The largest absolute Gasteiger partial charge is 0.380 e. The van der Waals surface area contributed by atoms with Gasteiger partial charge < -0.3 is 4.74 Å². The van der Waals surface area contributed by atoms with Crippen molar-refractivity contribution in [3.8, 4) is 22.5 Å². The maximum absolute atomic E-state index is 13.4. The summed E-state index contributed by atoms with van der Waals surface area (Å²) in [5.74, 6) is -0.454. The fourth-order valence-corrected chi connectivity index (χ4v) is 5.09. The lowest BCUT2D eigenvalue weighted by Crippen LogP contribution is -2.29. The van der Waals surface area contributed by atoms with E-state index < -0.39 is 15.8 Å². The van der Waals surface area contributed by atoms with Crippen LogP contribution < -0.4 is 0 Å². The molecule has 1 aliphatic rings. The van der Waals surface area contributed by atoms with E-state index in [1.165, 1.54) is 10.0 Å². The lowest BCUT2D eigenvalue weighted by atomic mass is 10.0. The van der Waals surface area contributed by atoms with Gasteiger partial charge in [0.15, 0.2) is 0 Å². The number of ether oxygens (including phenoxy) is 1. The molecule has 0 atom stereocenters. The van der Waals surface area contributed by atoms with Gasteiger partial charge in [0.2, 0.25) is 0 Å². The van der Waals surface area contributed by atoms with Crippen LogP contribution in [0.3, 0.4) is 0 Å². The monoisotopic (exact) mass is 438 g/mol. The molecule has 1 aromatic carbocycles. The molecule has 0 unspecified atom stereocenters. The van der Waals surface area contributed by atoms with Crippen LogP contribution in [-0.2, 0) is 21.8 Å². The Bertz CT molecular complexity index is 1340. The summed E-state index contributed by atoms with van der Waals surface area (Å²) >= 11 is 0. The van der Waals surface area contributed by atoms with Gasteiger partial charge in [0, 0.05) is 42.2 Å². The Kier molecular flexibility index (Phi) is 4.71. The first kappa shape index (κ1) is 19.7. The SMILES string of the molecule is Cn1cc(-c2cc(C3COC3)n(S(=O)(=O)c3ccccc3)c2)c(-c2ccc(F)cn2)n1. The quantitative estimate of drug-likeness (QED) is 0.477. The number of benzene rings is 1. The summed E-state index contributed by atoms with van der Waals surface area (Å²) in [6.45, 7) is 0.931. The van der Waals surface area contributed by atoms with Gasteiger partial charge in [-0.1, -0.05) is 18.2 Å². The molecule has 0 amide bonds. The zero-order valence-electron chi connectivity index (χ0n) is 16.6. The molecule has 31 heavy (non-hydrogen) atoms. The molecule has 1 aliphatic heterocycles. The van der Waals surface area contributed by atoms with Gasteiger partial charge in [-0.3, -0.25) is 9.67 Å². The minimum atomic E-state index is -3.79. The number of hydrogen-bond donors (Lipinski definition) is 0. The van der Waals surface area contributed by atoms with Crippen molar-refractivity contribution in [1.82, 2.24) is 18.7 Å². The molecule has 3 aromatic heterocycles. The van der Waals surface area contributed by atoms with Gasteiger partial charge in [-0.05, 0) is 30.3 Å². The molecule has 1 fully saturated rings. The van der Waals surface area contributed by atoms with Crippen LogP contribution in [0, 0.1) is 5.82 Å². The second kappa shape index (κ2) is 7.44. The molecule has 4 heterocycles. The zero-order valence-corrected chi connectivity index (χ0v) is 17.5. The van der Waals surface area contributed by atoms with Gasteiger partial charge in [-0.2, -0.15) is 5.10 Å². The Hall–Kier alpha value is -3.30. The molecule has 0 radical (unpaired) electrons. The van der Waals surface area contributed by atoms with E-state index >= 15 is 0 Å². The number of pyridine rings is 1. The van der Waals surface area contributed by atoms with Crippen LogP contribution in [0.2, 0.25) is 0 Å². The Morgan fingerprint density at radius 3 is 2.52 bits per heavy atom. The first-order valence-corrected chi connectivity index (χ1v) is 11.1. The highest BCUT2D eigenvalue weighted by Gasteiger charge is 2.30. The third-order valence-electron chi connectivity index (χ3n) is 5.28. The third kappa shape index (κ3) is 3.45. The van der Waals surface area contributed by atoms with E-state index in [0.717, 1.165) is 6.20 Å². The average molecular weight is 438 g/mol. The maximum Gasteiger partial charge on any atom is 0.267 e. The molecular formula is C22H19FN4O3S. The Morgan fingerprint density at radius 1 is 1.10 bits per heavy atom. The van der Waals surface area contributed by atoms with E-state index in [-0.39, 0.29) is 10.8 Å². The summed E-state index contributed by atoms with van der Waals surface area (Å²) < 4.78 is 48.4. The zero-order chi connectivity index (χ0) is 21.6. The minimum absolute atomic E-state index is 0.0173. The highest BCUT2D eigenvalue weighted by Crippen LogP contribution is 2.36. The van der Waals surface area contributed by atoms with Gasteiger partial charge in [0.25, 0.3) is 10.0 Å². The van der Waals surface area contributed by atoms with E-state index in [2.05, 4.69) is 10.1 Å². The van der Waals surface area contributed by atoms with Crippen molar-refractivity contribution in [3.63, 3.8) is 0 Å². The maximum atomic E-state index is 13.4. The van der Waals surface area contributed by atoms with Crippen LogP contribution in [0.5, 0.6) is 0 Å². The van der Waals surface area contributed by atoms with E-state index in [1.54, 1.807) is 60.5 Å². The number of aryl methyl sites for hydroxylation is 1. The molecule has 158 valence electrons. The number of rotatable bonds is 5. The van der Waals surface area contributed by atoms with Crippen molar-refractivity contribution in [2.24, 2.45) is 7.05 Å². The summed E-state index contributed by atoms with van der Waals surface area (Å²) in [6, 6.07) is 13.1. The van der Waals surface area contributed by atoms with Gasteiger partial charge >= 0.3 is 0 Å². The topological polar surface area (TPSA) is 79.0 Å². The molecule has 0 aliphatic carbocycles. The van der Waals surface area contributed by atoms with Crippen LogP contribution in [0.15, 0.2) is 72.0 Å². The summed E-state index contributed by atoms with van der Waals surface area (Å²) in [5, 5.41) is 4.47. The van der Waals surface area contributed by atoms with E-state index in [9.17, 15) is 12.8 Å². The van der Waals surface area contributed by atoms with Gasteiger partial charge in [0.1, 0.15) is 11.5 Å². The van der Waals surface area contributed by atoms with Crippen molar-refractivity contribution >= 4 is 10.0 Å². The number of hydrogen-bond acceptors (Lipinski definition) is 5. The van der Waals surface area contributed by atoms with Crippen LogP contribution in [-0.4, -0.2) is 40.4 Å². The van der Waals surface area contributed by atoms with Gasteiger partial charge in [-0.25, -0.2) is 16.8 Å². The molecule has 5 rings (SSSR count). The van der Waals surface area contributed by atoms with Crippen molar-refractivity contribution in [2.75, 3.05) is 13.2 Å². The smallest absolute Gasteiger partial charge is 0.267 e. The Labute approximate surface area is 178 Å². The predicted octanol–water partition coefficient (Wildman–Crippen LogP) is 3.44. The van der Waals surface area contributed by atoms with Crippen molar-refractivity contribution in [1.29, 1.82) is 0 Å². The first-order valence-electron chi connectivity index (χ1n) is 9.70. The van der Waals surface area contributed by atoms with E-state index in [1.807, 2.05) is 6.07 Å². The van der Waals surface area contributed by atoms with Gasteiger partial charge in [0.05, 0.1) is 30.0 Å². The Balaban J connectivity index is 1.67. The molecule has 1 saturated heterocycles.